The number of benzene rings is 2. The summed E-state index contributed by atoms with van der Waals surface area (Å²) in [6.07, 6.45) is 0. The predicted molar refractivity (Wildman–Crippen MR) is 77.6 cm³/mol. The molecule has 4 heteroatoms. The molecule has 0 atom stereocenters. The maximum absolute atomic E-state index is 11.6. The molecule has 0 heterocycles. The van der Waals surface area contributed by atoms with E-state index in [1.54, 1.807) is 18.9 Å². The Kier molecular flexibility index (Phi) is 4.02. The summed E-state index contributed by atoms with van der Waals surface area (Å²) >= 11 is 0. The molecule has 0 spiro atoms. The van der Waals surface area contributed by atoms with Crippen LogP contribution in [0.4, 0.5) is 5.69 Å². The first-order valence-corrected chi connectivity index (χ1v) is 6.21. The van der Waals surface area contributed by atoms with E-state index in [0.717, 1.165) is 22.2 Å². The minimum atomic E-state index is -0.00156. The molecule has 2 N–H and O–H groups in total. The lowest BCUT2D eigenvalue weighted by molar-refractivity contribution is -0.116. The monoisotopic (exact) mass is 258 g/mol. The van der Waals surface area contributed by atoms with Gasteiger partial charge >= 0.3 is 0 Å². The Morgan fingerprint density at radius 1 is 1.21 bits per heavy atom. The van der Waals surface area contributed by atoms with Gasteiger partial charge in [0.1, 0.15) is 5.75 Å². The molecule has 0 aliphatic rings. The zero-order chi connectivity index (χ0) is 13.8. The predicted octanol–water partition coefficient (Wildman–Crippen LogP) is 2.16. The van der Waals surface area contributed by atoms with Crippen LogP contribution in [0.1, 0.15) is 6.92 Å². The molecular weight excluding hydrogens is 240 g/mol. The van der Waals surface area contributed by atoms with E-state index in [9.17, 15) is 4.79 Å². The molecule has 1 amide bonds. The second-order valence-corrected chi connectivity index (χ2v) is 4.36. The van der Waals surface area contributed by atoms with Crippen LogP contribution in [-0.4, -0.2) is 26.1 Å². The fourth-order valence-corrected chi connectivity index (χ4v) is 2.10. The number of carbonyl (C=O) groups excluding carboxylic acids is 1. The van der Waals surface area contributed by atoms with Crippen LogP contribution in [-0.2, 0) is 4.79 Å². The lowest BCUT2D eigenvalue weighted by Gasteiger charge is -2.20. The fourth-order valence-electron chi connectivity index (χ4n) is 2.10. The molecule has 0 bridgehead atoms. The Hall–Kier alpha value is -2.07. The Morgan fingerprint density at radius 3 is 2.53 bits per heavy atom. The Balaban J connectivity index is 2.43. The topological polar surface area (TPSA) is 55.6 Å². The second kappa shape index (κ2) is 5.71. The minimum absolute atomic E-state index is 0.00156. The van der Waals surface area contributed by atoms with Crippen LogP contribution in [0, 0.1) is 0 Å². The molecule has 0 aromatic heterocycles. The number of carbonyl (C=O) groups is 1. The van der Waals surface area contributed by atoms with Gasteiger partial charge in [0.05, 0.1) is 7.11 Å². The van der Waals surface area contributed by atoms with E-state index in [0.29, 0.717) is 13.1 Å². The van der Waals surface area contributed by atoms with Gasteiger partial charge in [0.25, 0.3) is 0 Å². The molecule has 0 aliphatic heterocycles. The number of hydrogen-bond donors (Lipinski definition) is 1. The minimum Gasteiger partial charge on any atom is -0.497 e. The second-order valence-electron chi connectivity index (χ2n) is 4.36. The number of anilines is 1. The van der Waals surface area contributed by atoms with E-state index in [1.165, 1.54) is 0 Å². The van der Waals surface area contributed by atoms with E-state index >= 15 is 0 Å². The van der Waals surface area contributed by atoms with Crippen LogP contribution in [0.25, 0.3) is 10.8 Å². The van der Waals surface area contributed by atoms with Crippen molar-refractivity contribution in [2.75, 3.05) is 25.1 Å². The van der Waals surface area contributed by atoms with Gasteiger partial charge in [-0.25, -0.2) is 0 Å². The Labute approximate surface area is 112 Å². The molecule has 2 aromatic carbocycles. The number of ether oxygens (including phenoxy) is 1. The largest absolute Gasteiger partial charge is 0.497 e. The SMILES string of the molecule is COc1ccc2cc(N(CCN)C(C)=O)ccc2c1. The summed E-state index contributed by atoms with van der Waals surface area (Å²) in [5, 5.41) is 2.15. The highest BCUT2D eigenvalue weighted by Gasteiger charge is 2.10. The van der Waals surface area contributed by atoms with Gasteiger partial charge in [0.15, 0.2) is 0 Å². The van der Waals surface area contributed by atoms with Gasteiger partial charge < -0.3 is 15.4 Å². The quantitative estimate of drug-likeness (QED) is 0.914. The summed E-state index contributed by atoms with van der Waals surface area (Å²) in [7, 11) is 1.65. The highest BCUT2D eigenvalue weighted by atomic mass is 16.5. The van der Waals surface area contributed by atoms with Crippen molar-refractivity contribution < 1.29 is 9.53 Å². The first kappa shape index (κ1) is 13.4. The summed E-state index contributed by atoms with van der Waals surface area (Å²) < 4.78 is 5.20. The van der Waals surface area contributed by atoms with E-state index < -0.39 is 0 Å². The standard InChI is InChI=1S/C15H18N2O2/c1-11(18)17(8-7-16)14-5-3-13-10-15(19-2)6-4-12(13)9-14/h3-6,9-10H,7-8,16H2,1-2H3. The third-order valence-electron chi connectivity index (χ3n) is 3.08. The zero-order valence-corrected chi connectivity index (χ0v) is 11.2. The molecule has 0 aliphatic carbocycles. The van der Waals surface area contributed by atoms with Gasteiger partial charge in [-0.2, -0.15) is 0 Å². The number of methoxy groups -OCH3 is 1. The summed E-state index contributed by atoms with van der Waals surface area (Å²) in [5.74, 6) is 0.823. The van der Waals surface area contributed by atoms with Crippen LogP contribution in [0.2, 0.25) is 0 Å². The van der Waals surface area contributed by atoms with Crippen molar-refractivity contribution in [1.82, 2.24) is 0 Å². The summed E-state index contributed by atoms with van der Waals surface area (Å²) in [6, 6.07) is 11.8. The molecule has 0 fully saturated rings. The lowest BCUT2D eigenvalue weighted by atomic mass is 10.1. The third kappa shape index (κ3) is 2.85. The average Bonchev–Trinajstić information content (AvgIpc) is 2.43. The number of nitrogens with two attached hydrogens (primary N) is 1. The van der Waals surface area contributed by atoms with Crippen LogP contribution < -0.4 is 15.4 Å². The van der Waals surface area contributed by atoms with Crippen molar-refractivity contribution in [2.24, 2.45) is 5.73 Å². The van der Waals surface area contributed by atoms with Crippen LogP contribution in [0.5, 0.6) is 5.75 Å². The van der Waals surface area contributed by atoms with E-state index in [4.69, 9.17) is 10.5 Å². The number of nitrogens with zero attached hydrogens (tertiary/aromatic N) is 1. The van der Waals surface area contributed by atoms with Gasteiger partial charge in [-0.1, -0.05) is 12.1 Å². The normalized spacial score (nSPS) is 10.5. The van der Waals surface area contributed by atoms with Crippen LogP contribution in [0.3, 0.4) is 0 Å². The lowest BCUT2D eigenvalue weighted by Crippen LogP contribution is -2.33. The summed E-state index contributed by atoms with van der Waals surface area (Å²) in [5.41, 5.74) is 6.42. The number of fused-ring (bicyclic) bond motifs is 1. The van der Waals surface area contributed by atoms with Crippen molar-refractivity contribution in [3.63, 3.8) is 0 Å². The smallest absolute Gasteiger partial charge is 0.223 e. The van der Waals surface area contributed by atoms with Crippen molar-refractivity contribution >= 4 is 22.4 Å². The summed E-state index contributed by atoms with van der Waals surface area (Å²) in [4.78, 5) is 13.3. The van der Waals surface area contributed by atoms with Crippen molar-refractivity contribution in [1.29, 1.82) is 0 Å². The third-order valence-corrected chi connectivity index (χ3v) is 3.08. The highest BCUT2D eigenvalue weighted by molar-refractivity contribution is 5.95. The van der Waals surface area contributed by atoms with E-state index in [2.05, 4.69) is 0 Å². The molecule has 0 saturated carbocycles. The maximum atomic E-state index is 11.6. The molecular formula is C15H18N2O2. The fraction of sp³-hybridized carbons (Fsp3) is 0.267. The van der Waals surface area contributed by atoms with Crippen LogP contribution >= 0.6 is 0 Å². The highest BCUT2D eigenvalue weighted by Crippen LogP contribution is 2.25. The van der Waals surface area contributed by atoms with Crippen molar-refractivity contribution in [3.8, 4) is 5.75 Å². The molecule has 0 unspecified atom stereocenters. The number of rotatable bonds is 4. The van der Waals surface area contributed by atoms with Crippen molar-refractivity contribution in [2.45, 2.75) is 6.92 Å². The van der Waals surface area contributed by atoms with E-state index in [-0.39, 0.29) is 5.91 Å². The van der Waals surface area contributed by atoms with Gasteiger partial charge in [-0.3, -0.25) is 4.79 Å². The molecule has 2 aromatic rings. The molecule has 19 heavy (non-hydrogen) atoms. The Bertz CT molecular complexity index is 596. The molecule has 0 radical (unpaired) electrons. The maximum Gasteiger partial charge on any atom is 0.223 e. The first-order valence-electron chi connectivity index (χ1n) is 6.21. The van der Waals surface area contributed by atoms with Gasteiger partial charge in [-0.05, 0) is 35.0 Å². The molecule has 100 valence electrons. The summed E-state index contributed by atoms with van der Waals surface area (Å²) in [6.45, 7) is 2.52. The number of hydrogen-bond acceptors (Lipinski definition) is 3. The van der Waals surface area contributed by atoms with Gasteiger partial charge in [-0.15, -0.1) is 0 Å². The molecule has 0 saturated heterocycles. The average molecular weight is 258 g/mol. The first-order chi connectivity index (χ1) is 9.15. The van der Waals surface area contributed by atoms with Crippen molar-refractivity contribution in [3.05, 3.63) is 36.4 Å². The van der Waals surface area contributed by atoms with Crippen LogP contribution in [0.15, 0.2) is 36.4 Å². The molecule has 4 nitrogen and oxygen atoms in total. The van der Waals surface area contributed by atoms with Gasteiger partial charge in [0, 0.05) is 25.7 Å². The van der Waals surface area contributed by atoms with Gasteiger partial charge in [0.2, 0.25) is 5.91 Å². The zero-order valence-electron chi connectivity index (χ0n) is 11.2. The molecule has 2 rings (SSSR count). The Morgan fingerprint density at radius 2 is 1.89 bits per heavy atom. The van der Waals surface area contributed by atoms with E-state index in [1.807, 2.05) is 36.4 Å². The number of amides is 1.